The molecule has 5 heteroatoms. The highest BCUT2D eigenvalue weighted by Gasteiger charge is 2.36. The monoisotopic (exact) mass is 288 g/mol. The lowest BCUT2D eigenvalue weighted by molar-refractivity contribution is -0.142. The van der Waals surface area contributed by atoms with Crippen molar-refractivity contribution < 1.29 is 14.7 Å². The maximum Gasteiger partial charge on any atom is 0.326 e. The fraction of sp³-hybridized carbons (Fsp3) is 0.500. The van der Waals surface area contributed by atoms with E-state index in [2.05, 4.69) is 12.2 Å². The Morgan fingerprint density at radius 3 is 2.52 bits per heavy atom. The molecule has 0 radical (unpaired) electrons. The Kier molecular flexibility index (Phi) is 3.57. The zero-order chi connectivity index (χ0) is 15.0. The first-order valence-electron chi connectivity index (χ1n) is 7.41. The summed E-state index contributed by atoms with van der Waals surface area (Å²) in [6.45, 7) is 2.51. The summed E-state index contributed by atoms with van der Waals surface area (Å²) in [6, 6.07) is 6.88. The van der Waals surface area contributed by atoms with Gasteiger partial charge in [-0.3, -0.25) is 0 Å². The average Bonchev–Trinajstić information content (AvgIpc) is 2.44. The molecule has 1 atom stereocenters. The summed E-state index contributed by atoms with van der Waals surface area (Å²) in [5.41, 5.74) is 2.05. The second-order valence-corrected chi connectivity index (χ2v) is 6.18. The van der Waals surface area contributed by atoms with Gasteiger partial charge in [0.1, 0.15) is 6.04 Å². The number of urea groups is 1. The van der Waals surface area contributed by atoms with Crippen LogP contribution in [0.15, 0.2) is 24.3 Å². The smallest absolute Gasteiger partial charge is 0.326 e. The van der Waals surface area contributed by atoms with Crippen molar-refractivity contribution in [3.63, 3.8) is 0 Å². The van der Waals surface area contributed by atoms with Crippen LogP contribution in [0.5, 0.6) is 0 Å². The van der Waals surface area contributed by atoms with Crippen LogP contribution in [0.1, 0.15) is 30.9 Å². The summed E-state index contributed by atoms with van der Waals surface area (Å²) in [4.78, 5) is 25.3. The summed E-state index contributed by atoms with van der Waals surface area (Å²) in [5.74, 6) is -0.297. The Morgan fingerprint density at radius 2 is 1.90 bits per heavy atom. The third kappa shape index (κ3) is 2.73. The van der Waals surface area contributed by atoms with E-state index in [1.54, 1.807) is 0 Å². The highest BCUT2D eigenvalue weighted by Crippen LogP contribution is 2.28. The highest BCUT2D eigenvalue weighted by molar-refractivity contribution is 5.83. The van der Waals surface area contributed by atoms with Crippen LogP contribution in [-0.4, -0.2) is 34.1 Å². The molecule has 0 bridgehead atoms. The predicted molar refractivity (Wildman–Crippen MR) is 77.8 cm³/mol. The minimum atomic E-state index is -0.943. The molecule has 3 rings (SSSR count). The van der Waals surface area contributed by atoms with Gasteiger partial charge in [0.15, 0.2) is 0 Å². The number of fused-ring (bicyclic) bond motifs is 1. The van der Waals surface area contributed by atoms with Crippen molar-refractivity contribution in [2.75, 3.05) is 0 Å². The van der Waals surface area contributed by atoms with Crippen molar-refractivity contribution >= 4 is 12.0 Å². The third-order valence-corrected chi connectivity index (χ3v) is 4.50. The fourth-order valence-electron chi connectivity index (χ4n) is 3.23. The van der Waals surface area contributed by atoms with Crippen molar-refractivity contribution in [3.05, 3.63) is 35.4 Å². The molecule has 0 spiro atoms. The normalized spacial score (nSPS) is 27.5. The Bertz CT molecular complexity index is 566. The van der Waals surface area contributed by atoms with E-state index in [0.717, 1.165) is 24.0 Å². The van der Waals surface area contributed by atoms with Gasteiger partial charge in [-0.15, -0.1) is 0 Å². The summed E-state index contributed by atoms with van der Waals surface area (Å²) < 4.78 is 0. The molecule has 5 nitrogen and oxygen atoms in total. The number of rotatable bonds is 2. The lowest BCUT2D eigenvalue weighted by Gasteiger charge is -2.38. The van der Waals surface area contributed by atoms with Crippen molar-refractivity contribution in [2.45, 2.75) is 44.8 Å². The fourth-order valence-corrected chi connectivity index (χ4v) is 3.23. The van der Waals surface area contributed by atoms with Gasteiger partial charge >= 0.3 is 12.0 Å². The third-order valence-electron chi connectivity index (χ3n) is 4.50. The van der Waals surface area contributed by atoms with Crippen LogP contribution < -0.4 is 5.32 Å². The summed E-state index contributed by atoms with van der Waals surface area (Å²) in [6.07, 6.45) is 2.34. The van der Waals surface area contributed by atoms with Crippen molar-refractivity contribution in [1.29, 1.82) is 0 Å². The molecule has 1 unspecified atom stereocenters. The Labute approximate surface area is 123 Å². The molecular formula is C16H20N2O3. The largest absolute Gasteiger partial charge is 0.480 e. The Morgan fingerprint density at radius 1 is 1.24 bits per heavy atom. The summed E-state index contributed by atoms with van der Waals surface area (Å²) >= 11 is 0. The van der Waals surface area contributed by atoms with E-state index in [1.165, 1.54) is 4.90 Å². The molecule has 0 aromatic heterocycles. The van der Waals surface area contributed by atoms with E-state index < -0.39 is 12.0 Å². The maximum absolute atomic E-state index is 12.4. The topological polar surface area (TPSA) is 69.6 Å². The van der Waals surface area contributed by atoms with E-state index in [1.807, 2.05) is 24.3 Å². The summed E-state index contributed by atoms with van der Waals surface area (Å²) in [7, 11) is 0. The molecule has 2 aliphatic rings. The number of carboxylic acids is 1. The number of aliphatic carboxylic acids is 1. The van der Waals surface area contributed by atoms with Gasteiger partial charge < -0.3 is 15.3 Å². The Balaban J connectivity index is 1.75. The van der Waals surface area contributed by atoms with Crippen molar-refractivity contribution in [1.82, 2.24) is 10.2 Å². The van der Waals surface area contributed by atoms with Crippen molar-refractivity contribution in [3.8, 4) is 0 Å². The van der Waals surface area contributed by atoms with Gasteiger partial charge in [0.05, 0.1) is 0 Å². The molecule has 21 heavy (non-hydrogen) atoms. The molecule has 112 valence electrons. The molecule has 1 saturated carbocycles. The van der Waals surface area contributed by atoms with E-state index in [9.17, 15) is 14.7 Å². The van der Waals surface area contributed by atoms with E-state index >= 15 is 0 Å². The number of hydrogen-bond acceptors (Lipinski definition) is 2. The van der Waals surface area contributed by atoms with Crippen LogP contribution in [-0.2, 0) is 17.8 Å². The molecule has 2 N–H and O–H groups in total. The number of nitrogens with zero attached hydrogens (tertiary/aromatic N) is 1. The number of carbonyl (C=O) groups is 2. The van der Waals surface area contributed by atoms with Gasteiger partial charge in [-0.1, -0.05) is 31.2 Å². The number of benzene rings is 1. The maximum atomic E-state index is 12.4. The SMILES string of the molecule is CC1CC(NC(=O)N2Cc3ccccc3CC2C(=O)O)C1. The zero-order valence-corrected chi connectivity index (χ0v) is 12.1. The van der Waals surface area contributed by atoms with E-state index in [4.69, 9.17) is 0 Å². The molecule has 1 aliphatic heterocycles. The van der Waals surface area contributed by atoms with Crippen LogP contribution in [0.25, 0.3) is 0 Å². The predicted octanol–water partition coefficient (Wildman–Crippen LogP) is 2.01. The van der Waals surface area contributed by atoms with Crippen LogP contribution in [0.4, 0.5) is 4.79 Å². The first kappa shape index (κ1) is 13.9. The molecule has 2 amide bonds. The van der Waals surface area contributed by atoms with Crippen molar-refractivity contribution in [2.24, 2.45) is 5.92 Å². The molecule has 1 aromatic carbocycles. The molecule has 1 aliphatic carbocycles. The second-order valence-electron chi connectivity index (χ2n) is 6.18. The van der Waals surface area contributed by atoms with E-state index in [0.29, 0.717) is 18.9 Å². The number of carboxylic acid groups (broad SMARTS) is 1. The first-order chi connectivity index (χ1) is 10.0. The van der Waals surface area contributed by atoms with Crippen LogP contribution in [0, 0.1) is 5.92 Å². The van der Waals surface area contributed by atoms with Gasteiger partial charge in [0, 0.05) is 19.0 Å². The molecule has 1 heterocycles. The number of hydrogen-bond donors (Lipinski definition) is 2. The lowest BCUT2D eigenvalue weighted by Crippen LogP contribution is -2.55. The standard InChI is InChI=1S/C16H20N2O3/c1-10-6-13(7-10)17-16(21)18-9-12-5-3-2-4-11(12)8-14(18)15(19)20/h2-5,10,13-14H,6-9H2,1H3,(H,17,21)(H,19,20). The second kappa shape index (κ2) is 5.39. The number of amides is 2. The van der Waals surface area contributed by atoms with E-state index in [-0.39, 0.29) is 12.1 Å². The zero-order valence-electron chi connectivity index (χ0n) is 12.1. The van der Waals surface area contributed by atoms with Gasteiger partial charge in [0.25, 0.3) is 0 Å². The summed E-state index contributed by atoms with van der Waals surface area (Å²) in [5, 5.41) is 12.4. The van der Waals surface area contributed by atoms with Gasteiger partial charge in [-0.05, 0) is 29.9 Å². The Hall–Kier alpha value is -2.04. The number of nitrogens with one attached hydrogen (secondary N) is 1. The van der Waals surface area contributed by atoms with Crippen LogP contribution >= 0.6 is 0 Å². The lowest BCUT2D eigenvalue weighted by atomic mass is 9.82. The number of carbonyl (C=O) groups excluding carboxylic acids is 1. The van der Waals surface area contributed by atoms with Crippen LogP contribution in [0.2, 0.25) is 0 Å². The minimum absolute atomic E-state index is 0.194. The molecule has 0 saturated heterocycles. The first-order valence-corrected chi connectivity index (χ1v) is 7.41. The quantitative estimate of drug-likeness (QED) is 0.874. The molecular weight excluding hydrogens is 268 g/mol. The van der Waals surface area contributed by atoms with Crippen LogP contribution in [0.3, 0.4) is 0 Å². The molecule has 1 aromatic rings. The van der Waals surface area contributed by atoms with Gasteiger partial charge in [-0.2, -0.15) is 0 Å². The highest BCUT2D eigenvalue weighted by atomic mass is 16.4. The van der Waals surface area contributed by atoms with Gasteiger partial charge in [0.2, 0.25) is 0 Å². The average molecular weight is 288 g/mol. The molecule has 1 fully saturated rings. The van der Waals surface area contributed by atoms with Gasteiger partial charge in [-0.25, -0.2) is 9.59 Å². The minimum Gasteiger partial charge on any atom is -0.480 e.